The van der Waals surface area contributed by atoms with Crippen LogP contribution < -0.4 is 5.32 Å². The summed E-state index contributed by atoms with van der Waals surface area (Å²) in [6.07, 6.45) is -3.59. The number of carbonyl (C=O) groups excluding carboxylic acids is 1. The first-order chi connectivity index (χ1) is 12.0. The van der Waals surface area contributed by atoms with Gasteiger partial charge < -0.3 is 25.4 Å². The molecule has 7 heteroatoms. The number of nitrogens with one attached hydrogen (secondary N) is 1. The maximum Gasteiger partial charge on any atom is 0.407 e. The Balaban J connectivity index is 1.86. The van der Waals surface area contributed by atoms with Crippen LogP contribution >= 0.6 is 0 Å². The third kappa shape index (κ3) is 5.30. The quantitative estimate of drug-likeness (QED) is 0.607. The van der Waals surface area contributed by atoms with Gasteiger partial charge in [-0.3, -0.25) is 0 Å². The van der Waals surface area contributed by atoms with Gasteiger partial charge in [0.25, 0.3) is 0 Å². The molecule has 0 aromatic heterocycles. The number of alkyl carbamates (subject to hydrolysis) is 1. The molecule has 2 aromatic rings. The summed E-state index contributed by atoms with van der Waals surface area (Å²) >= 11 is 0. The Hall–Kier alpha value is -2.90. The fraction of sp³-hybridized carbons (Fsp3) is 0.222. The van der Waals surface area contributed by atoms with E-state index in [0.29, 0.717) is 0 Å². The minimum atomic E-state index is -1.46. The fourth-order valence-electron chi connectivity index (χ4n) is 2.23. The number of hydrogen-bond donors (Lipinski definition) is 4. The summed E-state index contributed by atoms with van der Waals surface area (Å²) in [4.78, 5) is 22.8. The molecule has 132 valence electrons. The predicted octanol–water partition coefficient (Wildman–Crippen LogP) is 1.71. The zero-order chi connectivity index (χ0) is 18.2. The summed E-state index contributed by atoms with van der Waals surface area (Å²) in [5.41, 5.74) is 0.774. The monoisotopic (exact) mass is 345 g/mol. The molecule has 0 heterocycles. The number of aliphatic hydroxyl groups is 2. The van der Waals surface area contributed by atoms with Crippen LogP contribution in [0.15, 0.2) is 54.6 Å². The second-order valence-corrected chi connectivity index (χ2v) is 5.35. The summed E-state index contributed by atoms with van der Waals surface area (Å²) in [5.74, 6) is -1.21. The first kappa shape index (κ1) is 18.4. The molecule has 0 saturated carbocycles. The largest absolute Gasteiger partial charge is 0.478 e. The Labute approximate surface area is 144 Å². The summed E-state index contributed by atoms with van der Waals surface area (Å²) < 4.78 is 4.99. The fourth-order valence-corrected chi connectivity index (χ4v) is 2.23. The summed E-state index contributed by atoms with van der Waals surface area (Å²) in [6, 6.07) is 14.9. The molecule has 2 aromatic carbocycles. The predicted molar refractivity (Wildman–Crippen MR) is 89.0 cm³/mol. The molecule has 0 aliphatic heterocycles. The molecular weight excluding hydrogens is 326 g/mol. The summed E-state index contributed by atoms with van der Waals surface area (Å²) in [6.45, 7) is -0.212. The number of carbonyl (C=O) groups is 2. The Bertz CT molecular complexity index is 719. The van der Waals surface area contributed by atoms with Crippen molar-refractivity contribution in [1.82, 2.24) is 5.32 Å². The summed E-state index contributed by atoms with van der Waals surface area (Å²) in [5, 5.41) is 31.6. The Morgan fingerprint density at radius 2 is 1.64 bits per heavy atom. The molecule has 0 radical (unpaired) electrons. The Morgan fingerprint density at radius 3 is 2.32 bits per heavy atom. The van der Waals surface area contributed by atoms with Crippen molar-refractivity contribution in [2.75, 3.05) is 6.54 Å². The number of amides is 1. The highest BCUT2D eigenvalue weighted by Crippen LogP contribution is 2.21. The van der Waals surface area contributed by atoms with Gasteiger partial charge in [-0.15, -0.1) is 0 Å². The van der Waals surface area contributed by atoms with Gasteiger partial charge in [0.05, 0.1) is 5.56 Å². The van der Waals surface area contributed by atoms with Crippen molar-refractivity contribution < 1.29 is 29.6 Å². The maximum absolute atomic E-state index is 11.6. The second kappa shape index (κ2) is 8.81. The number of benzene rings is 2. The van der Waals surface area contributed by atoms with Gasteiger partial charge in [0.1, 0.15) is 18.8 Å². The van der Waals surface area contributed by atoms with E-state index in [4.69, 9.17) is 9.84 Å². The number of carboxylic acid groups (broad SMARTS) is 1. The molecule has 0 aliphatic carbocycles. The van der Waals surface area contributed by atoms with Crippen molar-refractivity contribution in [3.63, 3.8) is 0 Å². The highest BCUT2D eigenvalue weighted by Gasteiger charge is 2.23. The average molecular weight is 345 g/mol. The van der Waals surface area contributed by atoms with Crippen molar-refractivity contribution in [2.45, 2.75) is 18.8 Å². The molecule has 1 amide bonds. The minimum Gasteiger partial charge on any atom is -0.478 e. The van der Waals surface area contributed by atoms with Crippen LogP contribution in [0.4, 0.5) is 4.79 Å². The van der Waals surface area contributed by atoms with Crippen LogP contribution in [0.1, 0.15) is 27.6 Å². The van der Waals surface area contributed by atoms with Crippen LogP contribution in [0.25, 0.3) is 0 Å². The van der Waals surface area contributed by atoms with Gasteiger partial charge in [-0.1, -0.05) is 48.5 Å². The van der Waals surface area contributed by atoms with Crippen LogP contribution in [0.2, 0.25) is 0 Å². The first-order valence-corrected chi connectivity index (χ1v) is 7.62. The number of hydrogen-bond acceptors (Lipinski definition) is 5. The zero-order valence-corrected chi connectivity index (χ0v) is 13.3. The van der Waals surface area contributed by atoms with Crippen molar-refractivity contribution >= 4 is 12.1 Å². The molecule has 0 aliphatic rings. The van der Waals surface area contributed by atoms with Gasteiger partial charge in [-0.2, -0.15) is 0 Å². The van der Waals surface area contributed by atoms with E-state index in [1.165, 1.54) is 18.2 Å². The van der Waals surface area contributed by atoms with Crippen LogP contribution in [-0.4, -0.2) is 40.0 Å². The van der Waals surface area contributed by atoms with E-state index in [2.05, 4.69) is 5.32 Å². The molecule has 2 atom stereocenters. The SMILES string of the molecule is O=C(NCC(O)C(O)c1ccccc1C(=O)O)OCc1ccccc1. The molecule has 0 bridgehead atoms. The van der Waals surface area contributed by atoms with Crippen LogP contribution in [0.5, 0.6) is 0 Å². The van der Waals surface area contributed by atoms with Crippen molar-refractivity contribution in [2.24, 2.45) is 0 Å². The van der Waals surface area contributed by atoms with Crippen LogP contribution in [0, 0.1) is 0 Å². The van der Waals surface area contributed by atoms with E-state index in [9.17, 15) is 19.8 Å². The van der Waals surface area contributed by atoms with E-state index in [1.807, 2.05) is 18.2 Å². The van der Waals surface area contributed by atoms with Gasteiger partial charge in [0.15, 0.2) is 0 Å². The second-order valence-electron chi connectivity index (χ2n) is 5.35. The Kier molecular flexibility index (Phi) is 6.50. The molecular formula is C18H19NO6. The summed E-state index contributed by atoms with van der Waals surface area (Å²) in [7, 11) is 0. The zero-order valence-electron chi connectivity index (χ0n) is 13.3. The van der Waals surface area contributed by atoms with E-state index in [0.717, 1.165) is 5.56 Å². The molecule has 0 saturated heterocycles. The van der Waals surface area contributed by atoms with Crippen LogP contribution in [-0.2, 0) is 11.3 Å². The van der Waals surface area contributed by atoms with Gasteiger partial charge in [-0.05, 0) is 17.2 Å². The molecule has 25 heavy (non-hydrogen) atoms. The lowest BCUT2D eigenvalue weighted by Crippen LogP contribution is -2.36. The van der Waals surface area contributed by atoms with Crippen molar-refractivity contribution in [3.8, 4) is 0 Å². The lowest BCUT2D eigenvalue weighted by atomic mass is 9.98. The number of ether oxygens (including phenoxy) is 1. The molecule has 4 N–H and O–H groups in total. The minimum absolute atomic E-state index is 0.0713. The average Bonchev–Trinajstić information content (AvgIpc) is 2.64. The van der Waals surface area contributed by atoms with Gasteiger partial charge >= 0.3 is 12.1 Å². The molecule has 2 rings (SSSR count). The van der Waals surface area contributed by atoms with Crippen molar-refractivity contribution in [3.05, 3.63) is 71.3 Å². The number of aliphatic hydroxyl groups excluding tert-OH is 2. The number of rotatable bonds is 7. The molecule has 7 nitrogen and oxygen atoms in total. The third-order valence-electron chi connectivity index (χ3n) is 3.54. The van der Waals surface area contributed by atoms with Gasteiger partial charge in [0.2, 0.25) is 0 Å². The van der Waals surface area contributed by atoms with E-state index in [1.54, 1.807) is 18.2 Å². The lowest BCUT2D eigenvalue weighted by Gasteiger charge is -2.20. The van der Waals surface area contributed by atoms with E-state index >= 15 is 0 Å². The maximum atomic E-state index is 11.6. The molecule has 0 spiro atoms. The first-order valence-electron chi connectivity index (χ1n) is 7.62. The number of aromatic carboxylic acids is 1. The highest BCUT2D eigenvalue weighted by molar-refractivity contribution is 5.89. The smallest absolute Gasteiger partial charge is 0.407 e. The topological polar surface area (TPSA) is 116 Å². The molecule has 2 unspecified atom stereocenters. The third-order valence-corrected chi connectivity index (χ3v) is 3.54. The molecule has 0 fully saturated rings. The Morgan fingerprint density at radius 1 is 1.00 bits per heavy atom. The van der Waals surface area contributed by atoms with Crippen LogP contribution in [0.3, 0.4) is 0 Å². The standard InChI is InChI=1S/C18H19NO6/c20-15(16(21)13-8-4-5-9-14(13)17(22)23)10-19-18(24)25-11-12-6-2-1-3-7-12/h1-9,15-16,20-21H,10-11H2,(H,19,24)(H,22,23). The van der Waals surface area contributed by atoms with E-state index in [-0.39, 0.29) is 24.3 Å². The van der Waals surface area contributed by atoms with E-state index < -0.39 is 24.3 Å². The number of carboxylic acids is 1. The normalized spacial score (nSPS) is 12.9. The van der Waals surface area contributed by atoms with Gasteiger partial charge in [-0.25, -0.2) is 9.59 Å². The highest BCUT2D eigenvalue weighted by atomic mass is 16.5. The van der Waals surface area contributed by atoms with Gasteiger partial charge in [0, 0.05) is 6.54 Å². The lowest BCUT2D eigenvalue weighted by molar-refractivity contribution is 0.0174. The van der Waals surface area contributed by atoms with Crippen molar-refractivity contribution in [1.29, 1.82) is 0 Å².